The van der Waals surface area contributed by atoms with Gasteiger partial charge in [-0.25, -0.2) is 0 Å². The van der Waals surface area contributed by atoms with E-state index in [9.17, 15) is 5.11 Å². The van der Waals surface area contributed by atoms with Crippen LogP contribution in [0.3, 0.4) is 0 Å². The third-order valence-electron chi connectivity index (χ3n) is 7.84. The Morgan fingerprint density at radius 2 is 0.700 bits per heavy atom. The summed E-state index contributed by atoms with van der Waals surface area (Å²) in [7, 11) is 0. The molecule has 40 heavy (non-hydrogen) atoms. The first kappa shape index (κ1) is 24.1. The van der Waals surface area contributed by atoms with E-state index in [1.54, 1.807) is 0 Å². The second-order valence-corrected chi connectivity index (χ2v) is 10.2. The smallest absolute Gasteiger partial charge is 0.0610 e. The first-order valence-electron chi connectivity index (χ1n) is 13.8. The van der Waals surface area contributed by atoms with Gasteiger partial charge >= 0.3 is 0 Å². The van der Waals surface area contributed by atoms with Crippen molar-refractivity contribution in [2.75, 3.05) is 6.61 Å². The van der Waals surface area contributed by atoms with E-state index in [4.69, 9.17) is 0 Å². The van der Waals surface area contributed by atoms with Crippen LogP contribution in [0.2, 0.25) is 0 Å². The maximum atomic E-state index is 9.84. The van der Waals surface area contributed by atoms with Crippen LogP contribution >= 0.6 is 0 Å². The summed E-state index contributed by atoms with van der Waals surface area (Å²) in [6.07, 6.45) is 0. The zero-order valence-electron chi connectivity index (χ0n) is 22.2. The summed E-state index contributed by atoms with van der Waals surface area (Å²) in [5.41, 5.74) is 11.9. The summed E-state index contributed by atoms with van der Waals surface area (Å²) in [4.78, 5) is 0. The zero-order chi connectivity index (χ0) is 26.9. The molecule has 0 saturated carbocycles. The molecule has 0 amide bonds. The maximum Gasteiger partial charge on any atom is 0.0610 e. The normalized spacial score (nSPS) is 11.3. The van der Waals surface area contributed by atoms with Gasteiger partial charge in [0.15, 0.2) is 0 Å². The predicted molar refractivity (Wildman–Crippen MR) is 168 cm³/mol. The summed E-state index contributed by atoms with van der Waals surface area (Å²) in [6.45, 7) is 0.667. The summed E-state index contributed by atoms with van der Waals surface area (Å²) in [6, 6.07) is 51.9. The summed E-state index contributed by atoms with van der Waals surface area (Å²) in [5.74, 6) is 0. The minimum atomic E-state index is 0.101. The van der Waals surface area contributed by atoms with E-state index in [1.807, 2.05) is 12.1 Å². The van der Waals surface area contributed by atoms with Crippen LogP contribution in [0.5, 0.6) is 0 Å². The number of nitrogens with zero attached hydrogens (tertiary/aromatic N) is 1. The SMILES string of the molecule is OCCn1c2ccc(-c3ccc(-c4ccccc4)cc3)cc2c2cc(-c3ccc(-c4ccccc4)cc3)ccc21. The number of benzene rings is 6. The second-order valence-electron chi connectivity index (χ2n) is 10.2. The molecule has 7 rings (SSSR count). The van der Waals surface area contributed by atoms with Crippen LogP contribution < -0.4 is 0 Å². The van der Waals surface area contributed by atoms with E-state index < -0.39 is 0 Å². The van der Waals surface area contributed by atoms with Gasteiger partial charge in [-0.1, -0.05) is 121 Å². The number of hydrogen-bond acceptors (Lipinski definition) is 1. The quantitative estimate of drug-likeness (QED) is 0.234. The fourth-order valence-corrected chi connectivity index (χ4v) is 5.78. The molecule has 0 aliphatic heterocycles. The van der Waals surface area contributed by atoms with E-state index in [2.05, 4.69) is 138 Å². The van der Waals surface area contributed by atoms with E-state index in [0.29, 0.717) is 6.54 Å². The molecule has 6 aromatic carbocycles. The van der Waals surface area contributed by atoms with Crippen molar-refractivity contribution in [1.29, 1.82) is 0 Å². The van der Waals surface area contributed by atoms with Gasteiger partial charge in [0, 0.05) is 28.4 Å². The number of fused-ring (bicyclic) bond motifs is 3. The molecule has 1 aromatic heterocycles. The Kier molecular flexibility index (Phi) is 6.24. The molecule has 1 heterocycles. The van der Waals surface area contributed by atoms with Gasteiger partial charge in [-0.3, -0.25) is 0 Å². The lowest BCUT2D eigenvalue weighted by Gasteiger charge is -2.07. The van der Waals surface area contributed by atoms with Gasteiger partial charge in [-0.2, -0.15) is 0 Å². The number of aromatic nitrogens is 1. The number of rotatable bonds is 6. The molecular formula is C38H29NO. The number of aliphatic hydroxyl groups excluding tert-OH is 1. The van der Waals surface area contributed by atoms with E-state index >= 15 is 0 Å². The molecule has 0 unspecified atom stereocenters. The van der Waals surface area contributed by atoms with Crippen LogP contribution in [0.15, 0.2) is 146 Å². The monoisotopic (exact) mass is 515 g/mol. The first-order valence-corrected chi connectivity index (χ1v) is 13.8. The minimum Gasteiger partial charge on any atom is -0.395 e. The fraction of sp³-hybridized carbons (Fsp3) is 0.0526. The van der Waals surface area contributed by atoms with E-state index in [-0.39, 0.29) is 6.61 Å². The van der Waals surface area contributed by atoms with Crippen LogP contribution in [0, 0.1) is 0 Å². The Morgan fingerprint density at radius 1 is 0.375 bits per heavy atom. The average Bonchev–Trinajstić information content (AvgIpc) is 3.34. The standard InChI is InChI=1S/C38H29NO/c40-24-23-39-37-21-19-33(31-15-11-29(12-16-31)27-7-3-1-4-8-27)25-35(37)36-26-34(20-22-38(36)39)32-17-13-30(14-18-32)28-9-5-2-6-10-28/h1-22,25-26,40H,23-24H2. The molecule has 192 valence electrons. The van der Waals surface area contributed by atoms with Crippen molar-refractivity contribution in [1.82, 2.24) is 4.57 Å². The van der Waals surface area contributed by atoms with Crippen LogP contribution in [0.1, 0.15) is 0 Å². The van der Waals surface area contributed by atoms with Gasteiger partial charge in [0.25, 0.3) is 0 Å². The van der Waals surface area contributed by atoms with Gasteiger partial charge in [0.05, 0.1) is 6.61 Å². The summed E-state index contributed by atoms with van der Waals surface area (Å²) < 4.78 is 2.23. The molecule has 0 radical (unpaired) electrons. The van der Waals surface area contributed by atoms with E-state index in [1.165, 1.54) is 55.3 Å². The summed E-state index contributed by atoms with van der Waals surface area (Å²) in [5, 5.41) is 12.3. The Bertz CT molecular complexity index is 1780. The maximum absolute atomic E-state index is 9.84. The topological polar surface area (TPSA) is 25.2 Å². The van der Waals surface area contributed by atoms with Gasteiger partial charge in [-0.15, -0.1) is 0 Å². The molecule has 0 spiro atoms. The highest BCUT2D eigenvalue weighted by Gasteiger charge is 2.13. The van der Waals surface area contributed by atoms with Crippen molar-refractivity contribution in [3.05, 3.63) is 146 Å². The highest BCUT2D eigenvalue weighted by molar-refractivity contribution is 6.10. The molecular weight excluding hydrogens is 486 g/mol. The third-order valence-corrected chi connectivity index (χ3v) is 7.84. The highest BCUT2D eigenvalue weighted by Crippen LogP contribution is 2.36. The summed E-state index contributed by atoms with van der Waals surface area (Å²) >= 11 is 0. The van der Waals surface area contributed by atoms with Crippen LogP contribution in [0.25, 0.3) is 66.3 Å². The van der Waals surface area contributed by atoms with E-state index in [0.717, 1.165) is 11.0 Å². The van der Waals surface area contributed by atoms with Crippen molar-refractivity contribution in [3.63, 3.8) is 0 Å². The average molecular weight is 516 g/mol. The van der Waals surface area contributed by atoms with Gasteiger partial charge in [0.2, 0.25) is 0 Å². The molecule has 1 N–H and O–H groups in total. The van der Waals surface area contributed by atoms with Crippen molar-refractivity contribution >= 4 is 21.8 Å². The highest BCUT2D eigenvalue weighted by atomic mass is 16.3. The molecule has 0 aliphatic carbocycles. The number of hydrogen-bond donors (Lipinski definition) is 1. The molecule has 2 heteroatoms. The van der Waals surface area contributed by atoms with Gasteiger partial charge in [-0.05, 0) is 68.8 Å². The molecule has 2 nitrogen and oxygen atoms in total. The lowest BCUT2D eigenvalue weighted by atomic mass is 9.97. The van der Waals surface area contributed by atoms with Crippen molar-refractivity contribution in [3.8, 4) is 44.5 Å². The molecule has 0 saturated heterocycles. The second kappa shape index (κ2) is 10.3. The minimum absolute atomic E-state index is 0.101. The molecule has 0 aliphatic rings. The molecule has 0 bridgehead atoms. The van der Waals surface area contributed by atoms with Gasteiger partial charge in [0.1, 0.15) is 0 Å². The third kappa shape index (κ3) is 4.39. The first-order chi connectivity index (χ1) is 19.8. The Hall–Kier alpha value is -4.92. The Balaban J connectivity index is 1.30. The lowest BCUT2D eigenvalue weighted by molar-refractivity contribution is 0.280. The van der Waals surface area contributed by atoms with Crippen LogP contribution in [0.4, 0.5) is 0 Å². The lowest BCUT2D eigenvalue weighted by Crippen LogP contribution is -2.01. The van der Waals surface area contributed by atoms with Crippen molar-refractivity contribution in [2.24, 2.45) is 0 Å². The van der Waals surface area contributed by atoms with Crippen molar-refractivity contribution in [2.45, 2.75) is 6.54 Å². The molecule has 7 aromatic rings. The largest absolute Gasteiger partial charge is 0.395 e. The van der Waals surface area contributed by atoms with Crippen LogP contribution in [-0.2, 0) is 6.54 Å². The van der Waals surface area contributed by atoms with Crippen LogP contribution in [-0.4, -0.2) is 16.3 Å². The van der Waals surface area contributed by atoms with Gasteiger partial charge < -0.3 is 9.67 Å². The number of aliphatic hydroxyl groups is 1. The Labute approximate surface area is 234 Å². The van der Waals surface area contributed by atoms with Crippen molar-refractivity contribution < 1.29 is 5.11 Å². The molecule has 0 fully saturated rings. The zero-order valence-corrected chi connectivity index (χ0v) is 22.2. The predicted octanol–water partition coefficient (Wildman–Crippen LogP) is 9.45. The Morgan fingerprint density at radius 3 is 1.07 bits per heavy atom. The fourth-order valence-electron chi connectivity index (χ4n) is 5.78. The molecule has 0 atom stereocenters.